The molecule has 0 aliphatic carbocycles. The van der Waals surface area contributed by atoms with Gasteiger partial charge in [-0.2, -0.15) is 0 Å². The number of aliphatic imine (C=N–C) groups is 1. The zero-order chi connectivity index (χ0) is 24.4. The van der Waals surface area contributed by atoms with Gasteiger partial charge >= 0.3 is 0 Å². The second kappa shape index (κ2) is 10.8. The maximum Gasteiger partial charge on any atom is 0.264 e. The summed E-state index contributed by atoms with van der Waals surface area (Å²) in [5.41, 5.74) is 2.82. The molecule has 0 atom stereocenters. The highest BCUT2D eigenvalue weighted by molar-refractivity contribution is 9.10. The zero-order valence-electron chi connectivity index (χ0n) is 18.2. The molecule has 0 unspecified atom stereocenters. The Morgan fingerprint density at radius 2 is 1.89 bits per heavy atom. The molecule has 1 N–H and O–H groups in total. The molecule has 9 heteroatoms. The lowest BCUT2D eigenvalue weighted by Gasteiger charge is -2.05. The number of carbonyl (C=O) groups is 1. The normalized spacial score (nSPS) is 15.9. The number of aromatic nitrogens is 1. The van der Waals surface area contributed by atoms with E-state index in [2.05, 4.69) is 49.1 Å². The lowest BCUT2D eigenvalue weighted by molar-refractivity contribution is -0.115. The predicted molar refractivity (Wildman–Crippen MR) is 154 cm³/mol. The minimum Gasteiger partial charge on any atom is -0.346 e. The Morgan fingerprint density at radius 3 is 2.69 bits per heavy atom. The van der Waals surface area contributed by atoms with Gasteiger partial charge in [-0.15, -0.1) is 11.8 Å². The topological polar surface area (TPSA) is 46.4 Å². The van der Waals surface area contributed by atoms with Crippen molar-refractivity contribution >= 4 is 96.4 Å². The molecular weight excluding hydrogens is 585 g/mol. The smallest absolute Gasteiger partial charge is 0.264 e. The maximum absolute atomic E-state index is 12.7. The molecule has 5 rings (SSSR count). The van der Waals surface area contributed by atoms with Crippen LogP contribution in [0.4, 0.5) is 5.69 Å². The number of carbonyl (C=O) groups excluding carboxylic acids is 1. The molecule has 35 heavy (non-hydrogen) atoms. The van der Waals surface area contributed by atoms with Crippen molar-refractivity contribution in [1.82, 2.24) is 9.88 Å². The molecule has 0 spiro atoms. The Bertz CT molecular complexity index is 1480. The number of thioether (sulfide) groups is 2. The Morgan fingerprint density at radius 1 is 1.09 bits per heavy atom. The van der Waals surface area contributed by atoms with E-state index in [4.69, 9.17) is 23.2 Å². The number of amidine groups is 1. The number of amides is 1. The fraction of sp³-hybridized carbons (Fsp3) is 0.0769. The molecule has 1 aromatic heterocycles. The minimum absolute atomic E-state index is 0.160. The summed E-state index contributed by atoms with van der Waals surface area (Å²) in [4.78, 5) is 19.0. The van der Waals surface area contributed by atoms with E-state index in [1.165, 1.54) is 16.7 Å². The van der Waals surface area contributed by atoms with Gasteiger partial charge in [0.1, 0.15) is 0 Å². The van der Waals surface area contributed by atoms with Crippen molar-refractivity contribution in [3.05, 3.63) is 97.9 Å². The first kappa shape index (κ1) is 24.5. The molecular formula is C26H18BrCl2N3OS2. The van der Waals surface area contributed by atoms with Crippen LogP contribution in [0.2, 0.25) is 10.0 Å². The van der Waals surface area contributed by atoms with Gasteiger partial charge in [0, 0.05) is 49.4 Å². The van der Waals surface area contributed by atoms with Gasteiger partial charge in [-0.1, -0.05) is 41.4 Å². The van der Waals surface area contributed by atoms with E-state index in [1.807, 2.05) is 54.6 Å². The molecule has 1 fully saturated rings. The summed E-state index contributed by atoms with van der Waals surface area (Å²) < 4.78 is 3.04. The van der Waals surface area contributed by atoms with Crippen LogP contribution < -0.4 is 5.32 Å². The van der Waals surface area contributed by atoms with Crippen LogP contribution in [0, 0.1) is 0 Å². The van der Waals surface area contributed by atoms with Crippen LogP contribution in [0.5, 0.6) is 0 Å². The SMILES string of the molecule is O=C1NC(=Nc2ccc(Br)c(Cl)c2)S/C1=C\c1cn(CCSc2ccc(Cl)cc2)c2ccccc12. The van der Waals surface area contributed by atoms with Crippen LogP contribution in [-0.2, 0) is 11.3 Å². The first-order valence-electron chi connectivity index (χ1n) is 10.7. The van der Waals surface area contributed by atoms with Gasteiger partial charge in [0.05, 0.1) is 15.6 Å². The van der Waals surface area contributed by atoms with Crippen LogP contribution in [0.1, 0.15) is 5.56 Å². The van der Waals surface area contributed by atoms with E-state index in [0.29, 0.717) is 20.8 Å². The molecule has 176 valence electrons. The molecule has 1 aliphatic rings. The monoisotopic (exact) mass is 601 g/mol. The third kappa shape index (κ3) is 5.81. The third-order valence-electron chi connectivity index (χ3n) is 5.31. The Hall–Kier alpha value is -2.16. The van der Waals surface area contributed by atoms with Crippen molar-refractivity contribution in [2.75, 3.05) is 5.75 Å². The first-order chi connectivity index (χ1) is 17.0. The van der Waals surface area contributed by atoms with Gasteiger partial charge in [-0.25, -0.2) is 4.99 Å². The number of hydrogen-bond acceptors (Lipinski definition) is 4. The van der Waals surface area contributed by atoms with Gasteiger partial charge in [-0.3, -0.25) is 4.79 Å². The average Bonchev–Trinajstić information content (AvgIpc) is 3.37. The van der Waals surface area contributed by atoms with E-state index >= 15 is 0 Å². The highest BCUT2D eigenvalue weighted by atomic mass is 79.9. The standard InChI is InChI=1S/C26H18BrCl2N3OS2/c27-21-10-7-18(14-22(21)29)30-26-31-25(33)24(35-26)13-16-15-32(23-4-2-1-3-20(16)23)11-12-34-19-8-5-17(28)6-9-19/h1-10,13-15H,11-12H2,(H,30,31,33)/b24-13-. The van der Waals surface area contributed by atoms with Crippen molar-refractivity contribution < 1.29 is 4.79 Å². The van der Waals surface area contributed by atoms with E-state index in [0.717, 1.165) is 38.3 Å². The van der Waals surface area contributed by atoms with E-state index in [-0.39, 0.29) is 5.91 Å². The lowest BCUT2D eigenvalue weighted by Crippen LogP contribution is -2.19. The molecule has 4 nitrogen and oxygen atoms in total. The van der Waals surface area contributed by atoms with Crippen LogP contribution in [0.15, 0.2) is 92.2 Å². The summed E-state index contributed by atoms with van der Waals surface area (Å²) in [6.45, 7) is 0.841. The molecule has 2 heterocycles. The van der Waals surface area contributed by atoms with Crippen molar-refractivity contribution in [3.63, 3.8) is 0 Å². The number of aryl methyl sites for hydroxylation is 1. The predicted octanol–water partition coefficient (Wildman–Crippen LogP) is 8.39. The summed E-state index contributed by atoms with van der Waals surface area (Å²) in [6.07, 6.45) is 4.04. The van der Waals surface area contributed by atoms with E-state index in [1.54, 1.807) is 17.8 Å². The number of nitrogens with one attached hydrogen (secondary N) is 1. The molecule has 1 amide bonds. The molecule has 0 saturated carbocycles. The number of nitrogens with zero attached hydrogens (tertiary/aromatic N) is 2. The largest absolute Gasteiger partial charge is 0.346 e. The number of rotatable bonds is 6. The molecule has 1 saturated heterocycles. The van der Waals surface area contributed by atoms with Gasteiger partial charge in [-0.05, 0) is 82.3 Å². The Kier molecular flexibility index (Phi) is 7.60. The number of para-hydroxylation sites is 1. The fourth-order valence-electron chi connectivity index (χ4n) is 3.66. The second-order valence-corrected chi connectivity index (χ2v) is 11.6. The molecule has 1 aliphatic heterocycles. The van der Waals surface area contributed by atoms with Crippen LogP contribution >= 0.6 is 62.7 Å². The van der Waals surface area contributed by atoms with E-state index in [9.17, 15) is 4.79 Å². The molecule has 4 aromatic rings. The molecule has 0 radical (unpaired) electrons. The van der Waals surface area contributed by atoms with Crippen LogP contribution in [0.25, 0.3) is 17.0 Å². The van der Waals surface area contributed by atoms with Crippen molar-refractivity contribution in [2.45, 2.75) is 11.4 Å². The van der Waals surface area contributed by atoms with Crippen molar-refractivity contribution in [3.8, 4) is 0 Å². The van der Waals surface area contributed by atoms with Gasteiger partial charge < -0.3 is 9.88 Å². The number of hydrogen-bond donors (Lipinski definition) is 1. The van der Waals surface area contributed by atoms with Crippen LogP contribution in [-0.4, -0.2) is 21.4 Å². The Labute approximate surface area is 229 Å². The van der Waals surface area contributed by atoms with Crippen molar-refractivity contribution in [2.24, 2.45) is 4.99 Å². The van der Waals surface area contributed by atoms with Gasteiger partial charge in [0.25, 0.3) is 5.91 Å². The quantitative estimate of drug-likeness (QED) is 0.178. The fourth-order valence-corrected chi connectivity index (χ4v) is 5.89. The third-order valence-corrected chi connectivity index (χ3v) is 8.69. The Balaban J connectivity index is 1.36. The lowest BCUT2D eigenvalue weighted by atomic mass is 10.1. The molecule has 0 bridgehead atoms. The number of fused-ring (bicyclic) bond motifs is 1. The van der Waals surface area contributed by atoms with Crippen molar-refractivity contribution in [1.29, 1.82) is 0 Å². The zero-order valence-corrected chi connectivity index (χ0v) is 22.9. The summed E-state index contributed by atoms with van der Waals surface area (Å²) >= 11 is 18.6. The maximum atomic E-state index is 12.7. The number of benzene rings is 3. The minimum atomic E-state index is -0.160. The number of halogens is 3. The van der Waals surface area contributed by atoms with Crippen LogP contribution in [0.3, 0.4) is 0 Å². The molecule has 3 aromatic carbocycles. The summed E-state index contributed by atoms with van der Waals surface area (Å²) in [7, 11) is 0. The van der Waals surface area contributed by atoms with Gasteiger partial charge in [0.2, 0.25) is 0 Å². The second-order valence-electron chi connectivity index (χ2n) is 7.68. The average molecular weight is 603 g/mol. The summed E-state index contributed by atoms with van der Waals surface area (Å²) in [5.74, 6) is 0.755. The summed E-state index contributed by atoms with van der Waals surface area (Å²) in [5, 5.41) is 5.80. The highest BCUT2D eigenvalue weighted by Crippen LogP contribution is 2.33. The van der Waals surface area contributed by atoms with Gasteiger partial charge in [0.15, 0.2) is 5.17 Å². The first-order valence-corrected chi connectivity index (χ1v) is 14.0. The highest BCUT2D eigenvalue weighted by Gasteiger charge is 2.24. The summed E-state index contributed by atoms with van der Waals surface area (Å²) in [6, 6.07) is 21.6. The van der Waals surface area contributed by atoms with E-state index < -0.39 is 0 Å².